The average Bonchev–Trinajstić information content (AvgIpc) is 3.37. The molecule has 1 aliphatic carbocycles. The molecule has 0 N–H and O–H groups in total. The van der Waals surface area contributed by atoms with Crippen molar-refractivity contribution in [1.82, 2.24) is 9.97 Å². The molecule has 0 saturated heterocycles. The van der Waals surface area contributed by atoms with E-state index in [9.17, 15) is 0 Å². The smallest absolute Gasteiger partial charge is 0.260 e. The maximum atomic E-state index is 6.11. The van der Waals surface area contributed by atoms with E-state index in [0.717, 1.165) is 24.3 Å². The predicted molar refractivity (Wildman–Crippen MR) is 137 cm³/mol. The van der Waals surface area contributed by atoms with E-state index >= 15 is 0 Å². The molecule has 0 radical (unpaired) electrons. The monoisotopic (exact) mass is 452 g/mol. The standard InChI is InChI=1S/C29H44N2O2/c1-2-3-4-7-15-22-32-27-24-30-28(26-20-11-9-12-21-26)31-29(27)33-23-16-8-5-6-10-17-25-18-13-14-19-25/h9,11-12,20-21,24-25H,2-8,10,13-19,22-23H2,1H3. The zero-order chi connectivity index (χ0) is 23.0. The Morgan fingerprint density at radius 2 is 1.45 bits per heavy atom. The van der Waals surface area contributed by atoms with Gasteiger partial charge >= 0.3 is 0 Å². The first kappa shape index (κ1) is 25.5. The van der Waals surface area contributed by atoms with Crippen molar-refractivity contribution in [3.8, 4) is 23.0 Å². The molecule has 0 atom stereocenters. The molecule has 1 fully saturated rings. The highest BCUT2D eigenvalue weighted by Crippen LogP contribution is 2.30. The molecule has 1 aliphatic rings. The summed E-state index contributed by atoms with van der Waals surface area (Å²) in [6.45, 7) is 3.61. The molecule has 1 heterocycles. The van der Waals surface area contributed by atoms with Crippen LogP contribution in [0.2, 0.25) is 0 Å². The molecule has 4 heteroatoms. The van der Waals surface area contributed by atoms with Gasteiger partial charge in [-0.15, -0.1) is 0 Å². The Bertz CT molecular complexity index is 759. The summed E-state index contributed by atoms with van der Waals surface area (Å²) in [6.07, 6.45) is 21.5. The number of hydrogen-bond acceptors (Lipinski definition) is 4. The van der Waals surface area contributed by atoms with Gasteiger partial charge in [0, 0.05) is 5.56 Å². The molecule has 4 nitrogen and oxygen atoms in total. The number of aromatic nitrogens is 2. The van der Waals surface area contributed by atoms with Crippen LogP contribution >= 0.6 is 0 Å². The van der Waals surface area contributed by atoms with Crippen molar-refractivity contribution in [3.05, 3.63) is 36.5 Å². The molecule has 0 unspecified atom stereocenters. The highest BCUT2D eigenvalue weighted by atomic mass is 16.5. The number of nitrogens with zero attached hydrogens (tertiary/aromatic N) is 2. The summed E-state index contributed by atoms with van der Waals surface area (Å²) in [5, 5.41) is 0. The van der Waals surface area contributed by atoms with Crippen LogP contribution in [0, 0.1) is 5.92 Å². The normalized spacial score (nSPS) is 14.0. The van der Waals surface area contributed by atoms with E-state index in [4.69, 9.17) is 14.5 Å². The van der Waals surface area contributed by atoms with Crippen molar-refractivity contribution in [2.45, 2.75) is 103 Å². The maximum Gasteiger partial charge on any atom is 0.260 e. The Morgan fingerprint density at radius 3 is 2.21 bits per heavy atom. The van der Waals surface area contributed by atoms with E-state index in [1.165, 1.54) is 83.5 Å². The summed E-state index contributed by atoms with van der Waals surface area (Å²) < 4.78 is 12.1. The van der Waals surface area contributed by atoms with E-state index in [0.29, 0.717) is 30.7 Å². The number of hydrogen-bond donors (Lipinski definition) is 0. The summed E-state index contributed by atoms with van der Waals surface area (Å²) in [5.74, 6) is 2.96. The fourth-order valence-corrected chi connectivity index (χ4v) is 4.70. The van der Waals surface area contributed by atoms with Gasteiger partial charge in [0.25, 0.3) is 5.88 Å². The van der Waals surface area contributed by atoms with Crippen LogP contribution in [0.15, 0.2) is 36.5 Å². The zero-order valence-electron chi connectivity index (χ0n) is 20.8. The largest absolute Gasteiger partial charge is 0.487 e. The summed E-state index contributed by atoms with van der Waals surface area (Å²) >= 11 is 0. The molecular formula is C29H44N2O2. The number of ether oxygens (including phenoxy) is 2. The Kier molecular flexibility index (Phi) is 12.1. The van der Waals surface area contributed by atoms with E-state index < -0.39 is 0 Å². The second-order valence-electron chi connectivity index (χ2n) is 9.55. The predicted octanol–water partition coefficient (Wildman–Crippen LogP) is 8.40. The molecule has 1 aromatic carbocycles. The number of rotatable bonds is 17. The molecule has 33 heavy (non-hydrogen) atoms. The molecular weight excluding hydrogens is 408 g/mol. The van der Waals surface area contributed by atoms with Crippen LogP contribution in [0.3, 0.4) is 0 Å². The first-order valence-electron chi connectivity index (χ1n) is 13.5. The van der Waals surface area contributed by atoms with Crippen molar-refractivity contribution in [1.29, 1.82) is 0 Å². The Morgan fingerprint density at radius 1 is 0.788 bits per heavy atom. The number of unbranched alkanes of at least 4 members (excludes halogenated alkanes) is 8. The lowest BCUT2D eigenvalue weighted by Gasteiger charge is -2.13. The van der Waals surface area contributed by atoms with E-state index in [1.54, 1.807) is 6.20 Å². The molecule has 1 aromatic heterocycles. The van der Waals surface area contributed by atoms with E-state index in [1.807, 2.05) is 30.3 Å². The first-order valence-corrected chi connectivity index (χ1v) is 13.5. The van der Waals surface area contributed by atoms with Crippen LogP contribution in [0.1, 0.15) is 103 Å². The van der Waals surface area contributed by atoms with E-state index in [-0.39, 0.29) is 0 Å². The molecule has 182 valence electrons. The van der Waals surface area contributed by atoms with Gasteiger partial charge in [-0.25, -0.2) is 4.98 Å². The van der Waals surface area contributed by atoms with Crippen LogP contribution in [0.25, 0.3) is 11.4 Å². The fourth-order valence-electron chi connectivity index (χ4n) is 4.70. The third-order valence-corrected chi connectivity index (χ3v) is 6.73. The van der Waals surface area contributed by atoms with Crippen LogP contribution < -0.4 is 9.47 Å². The van der Waals surface area contributed by atoms with Crippen molar-refractivity contribution in [2.75, 3.05) is 13.2 Å². The third kappa shape index (κ3) is 9.73. The van der Waals surface area contributed by atoms with Crippen molar-refractivity contribution in [3.63, 3.8) is 0 Å². The fraction of sp³-hybridized carbons (Fsp3) is 0.655. The van der Waals surface area contributed by atoms with Gasteiger partial charge in [0.05, 0.1) is 19.4 Å². The van der Waals surface area contributed by atoms with E-state index in [2.05, 4.69) is 11.9 Å². The molecule has 0 bridgehead atoms. The topological polar surface area (TPSA) is 44.2 Å². The first-order chi connectivity index (χ1) is 16.4. The van der Waals surface area contributed by atoms with Crippen LogP contribution in [-0.2, 0) is 0 Å². The molecule has 3 rings (SSSR count). The molecule has 0 amide bonds. The Balaban J connectivity index is 1.42. The molecule has 2 aromatic rings. The minimum Gasteiger partial charge on any atom is -0.487 e. The number of benzene rings is 1. The lowest BCUT2D eigenvalue weighted by molar-refractivity contribution is 0.249. The van der Waals surface area contributed by atoms with Crippen LogP contribution in [0.4, 0.5) is 0 Å². The van der Waals surface area contributed by atoms with Gasteiger partial charge in [-0.3, -0.25) is 0 Å². The molecule has 1 saturated carbocycles. The highest BCUT2D eigenvalue weighted by Gasteiger charge is 2.14. The summed E-state index contributed by atoms with van der Waals surface area (Å²) in [7, 11) is 0. The van der Waals surface area contributed by atoms with Crippen molar-refractivity contribution in [2.24, 2.45) is 5.92 Å². The third-order valence-electron chi connectivity index (χ3n) is 6.73. The van der Waals surface area contributed by atoms with Crippen molar-refractivity contribution >= 4 is 0 Å². The summed E-state index contributed by atoms with van der Waals surface area (Å²) in [4.78, 5) is 9.24. The Labute approximate surface area is 201 Å². The van der Waals surface area contributed by atoms with Gasteiger partial charge in [0.15, 0.2) is 11.6 Å². The SMILES string of the molecule is CCCCCCCOc1cnc(-c2ccccc2)nc1OCCCCCCCC1CCCC1. The van der Waals surface area contributed by atoms with Gasteiger partial charge in [-0.05, 0) is 18.8 Å². The minimum atomic E-state index is 0.582. The lowest BCUT2D eigenvalue weighted by Crippen LogP contribution is -2.06. The van der Waals surface area contributed by atoms with Gasteiger partial charge < -0.3 is 9.47 Å². The zero-order valence-corrected chi connectivity index (χ0v) is 20.8. The van der Waals surface area contributed by atoms with Gasteiger partial charge in [-0.2, -0.15) is 4.98 Å². The maximum absolute atomic E-state index is 6.11. The van der Waals surface area contributed by atoms with Gasteiger partial charge in [-0.1, -0.05) is 121 Å². The van der Waals surface area contributed by atoms with Gasteiger partial charge in [0.2, 0.25) is 0 Å². The highest BCUT2D eigenvalue weighted by molar-refractivity contribution is 5.56. The second-order valence-corrected chi connectivity index (χ2v) is 9.55. The lowest BCUT2D eigenvalue weighted by atomic mass is 9.99. The van der Waals surface area contributed by atoms with Gasteiger partial charge in [0.1, 0.15) is 0 Å². The average molecular weight is 453 g/mol. The summed E-state index contributed by atoms with van der Waals surface area (Å²) in [6, 6.07) is 10.1. The van der Waals surface area contributed by atoms with Crippen LogP contribution in [0.5, 0.6) is 11.6 Å². The van der Waals surface area contributed by atoms with Crippen molar-refractivity contribution < 1.29 is 9.47 Å². The quantitative estimate of drug-likeness (QED) is 0.226. The second kappa shape index (κ2) is 15.7. The molecule has 0 aliphatic heterocycles. The minimum absolute atomic E-state index is 0.582. The Hall–Kier alpha value is -2.10. The molecule has 0 spiro atoms. The summed E-state index contributed by atoms with van der Waals surface area (Å²) in [5.41, 5.74) is 0.996. The van der Waals surface area contributed by atoms with Crippen LogP contribution in [-0.4, -0.2) is 23.2 Å².